The highest BCUT2D eigenvalue weighted by atomic mass is 16.3. The van der Waals surface area contributed by atoms with Gasteiger partial charge in [0.25, 0.3) is 0 Å². The van der Waals surface area contributed by atoms with Crippen LogP contribution in [0.5, 0.6) is 0 Å². The maximum atomic E-state index is 9.40. The van der Waals surface area contributed by atoms with Crippen molar-refractivity contribution in [3.05, 3.63) is 29.8 Å². The second-order valence-electron chi connectivity index (χ2n) is 5.36. The largest absolute Gasteiger partial charge is 0.395 e. The third-order valence-electron chi connectivity index (χ3n) is 3.37. The highest BCUT2D eigenvalue weighted by Gasteiger charge is 2.12. The fourth-order valence-electron chi connectivity index (χ4n) is 2.38. The Bertz CT molecular complexity index is 366. The second-order valence-corrected chi connectivity index (χ2v) is 5.36. The molecule has 0 radical (unpaired) electrons. The van der Waals surface area contributed by atoms with E-state index < -0.39 is 0 Å². The van der Waals surface area contributed by atoms with Crippen LogP contribution in [-0.2, 0) is 0 Å². The molecule has 1 rings (SSSR count). The van der Waals surface area contributed by atoms with Gasteiger partial charge in [0.15, 0.2) is 0 Å². The molecular formula is C16H28N2O. The Kier molecular flexibility index (Phi) is 6.89. The van der Waals surface area contributed by atoms with Crippen molar-refractivity contribution < 1.29 is 5.11 Å². The van der Waals surface area contributed by atoms with E-state index in [2.05, 4.69) is 62.2 Å². The number of hydrogen-bond acceptors (Lipinski definition) is 3. The SMILES string of the molecule is CCN(CCC(CO)NC(C)C)c1ccccc1C. The molecule has 0 bridgehead atoms. The standard InChI is InChI=1S/C16H28N2O/c1-5-18(16-9-7-6-8-14(16)4)11-10-15(12-19)17-13(2)3/h6-9,13,15,17,19H,5,10-12H2,1-4H3. The number of anilines is 1. The number of hydrogen-bond donors (Lipinski definition) is 2. The molecule has 0 saturated carbocycles. The molecule has 0 saturated heterocycles. The first-order chi connectivity index (χ1) is 9.08. The van der Waals surface area contributed by atoms with Gasteiger partial charge in [-0.05, 0) is 31.9 Å². The van der Waals surface area contributed by atoms with E-state index in [1.54, 1.807) is 0 Å². The summed E-state index contributed by atoms with van der Waals surface area (Å²) >= 11 is 0. The van der Waals surface area contributed by atoms with E-state index in [4.69, 9.17) is 0 Å². The zero-order valence-corrected chi connectivity index (χ0v) is 12.7. The zero-order valence-electron chi connectivity index (χ0n) is 12.7. The Hall–Kier alpha value is -1.06. The van der Waals surface area contributed by atoms with Crippen molar-refractivity contribution in [2.45, 2.75) is 46.2 Å². The van der Waals surface area contributed by atoms with Gasteiger partial charge in [-0.25, -0.2) is 0 Å². The van der Waals surface area contributed by atoms with Gasteiger partial charge in [-0.15, -0.1) is 0 Å². The molecule has 0 heterocycles. The molecule has 0 fully saturated rings. The van der Waals surface area contributed by atoms with Crippen LogP contribution in [0.15, 0.2) is 24.3 Å². The van der Waals surface area contributed by atoms with Gasteiger partial charge in [-0.1, -0.05) is 32.0 Å². The molecule has 0 aliphatic heterocycles. The van der Waals surface area contributed by atoms with Gasteiger partial charge in [0, 0.05) is 30.9 Å². The number of aliphatic hydroxyl groups excluding tert-OH is 1. The third-order valence-corrected chi connectivity index (χ3v) is 3.37. The maximum Gasteiger partial charge on any atom is 0.0585 e. The van der Waals surface area contributed by atoms with Crippen molar-refractivity contribution in [1.29, 1.82) is 0 Å². The molecule has 1 atom stereocenters. The quantitative estimate of drug-likeness (QED) is 0.757. The van der Waals surface area contributed by atoms with Crippen LogP contribution in [0.2, 0.25) is 0 Å². The summed E-state index contributed by atoms with van der Waals surface area (Å²) < 4.78 is 0. The van der Waals surface area contributed by atoms with E-state index in [0.29, 0.717) is 6.04 Å². The van der Waals surface area contributed by atoms with Crippen LogP contribution >= 0.6 is 0 Å². The minimum absolute atomic E-state index is 0.179. The van der Waals surface area contributed by atoms with E-state index in [-0.39, 0.29) is 12.6 Å². The molecule has 1 unspecified atom stereocenters. The molecule has 19 heavy (non-hydrogen) atoms. The van der Waals surface area contributed by atoms with Gasteiger partial charge in [0.1, 0.15) is 0 Å². The van der Waals surface area contributed by atoms with Crippen LogP contribution in [0.4, 0.5) is 5.69 Å². The summed E-state index contributed by atoms with van der Waals surface area (Å²) in [5, 5.41) is 12.8. The summed E-state index contributed by atoms with van der Waals surface area (Å²) in [4.78, 5) is 2.38. The highest BCUT2D eigenvalue weighted by Crippen LogP contribution is 2.19. The average Bonchev–Trinajstić information content (AvgIpc) is 2.39. The summed E-state index contributed by atoms with van der Waals surface area (Å²) in [6.07, 6.45) is 0.955. The minimum atomic E-state index is 0.179. The molecule has 2 N–H and O–H groups in total. The van der Waals surface area contributed by atoms with E-state index in [1.807, 2.05) is 0 Å². The molecule has 3 nitrogen and oxygen atoms in total. The summed E-state index contributed by atoms with van der Waals surface area (Å²) in [5.74, 6) is 0. The van der Waals surface area contributed by atoms with Gasteiger partial charge in [0.2, 0.25) is 0 Å². The first-order valence-corrected chi connectivity index (χ1v) is 7.26. The Morgan fingerprint density at radius 3 is 2.47 bits per heavy atom. The number of nitrogens with one attached hydrogen (secondary N) is 1. The van der Waals surface area contributed by atoms with Crippen LogP contribution < -0.4 is 10.2 Å². The lowest BCUT2D eigenvalue weighted by molar-refractivity contribution is 0.229. The lowest BCUT2D eigenvalue weighted by Crippen LogP contribution is -2.40. The molecular weight excluding hydrogens is 236 g/mol. The van der Waals surface area contributed by atoms with E-state index in [9.17, 15) is 5.11 Å². The van der Waals surface area contributed by atoms with Crippen LogP contribution in [0.3, 0.4) is 0 Å². The van der Waals surface area contributed by atoms with Gasteiger partial charge >= 0.3 is 0 Å². The van der Waals surface area contributed by atoms with E-state index >= 15 is 0 Å². The summed E-state index contributed by atoms with van der Waals surface area (Å²) in [5.41, 5.74) is 2.60. The number of aryl methyl sites for hydroxylation is 1. The number of rotatable bonds is 8. The lowest BCUT2D eigenvalue weighted by atomic mass is 10.1. The molecule has 108 valence electrons. The lowest BCUT2D eigenvalue weighted by Gasteiger charge is -2.28. The predicted molar refractivity (Wildman–Crippen MR) is 82.8 cm³/mol. The normalized spacial score (nSPS) is 12.7. The summed E-state index contributed by atoms with van der Waals surface area (Å²) in [7, 11) is 0. The molecule has 1 aromatic rings. The minimum Gasteiger partial charge on any atom is -0.395 e. The van der Waals surface area contributed by atoms with Gasteiger partial charge in [-0.3, -0.25) is 0 Å². The first kappa shape index (κ1) is 16.0. The third kappa shape index (κ3) is 5.21. The zero-order chi connectivity index (χ0) is 14.3. The second kappa shape index (κ2) is 8.18. The number of aliphatic hydroxyl groups is 1. The number of para-hydroxylation sites is 1. The molecule has 0 spiro atoms. The van der Waals surface area contributed by atoms with Crippen LogP contribution in [0.1, 0.15) is 32.8 Å². The topological polar surface area (TPSA) is 35.5 Å². The molecule has 0 aliphatic carbocycles. The van der Waals surface area contributed by atoms with Crippen LogP contribution in [0.25, 0.3) is 0 Å². The van der Waals surface area contributed by atoms with E-state index in [0.717, 1.165) is 19.5 Å². The Labute approximate surface area is 117 Å². The fraction of sp³-hybridized carbons (Fsp3) is 0.625. The maximum absolute atomic E-state index is 9.40. The summed E-state index contributed by atoms with van der Waals surface area (Å²) in [6.45, 7) is 10.7. The van der Waals surface area contributed by atoms with E-state index in [1.165, 1.54) is 11.3 Å². The first-order valence-electron chi connectivity index (χ1n) is 7.26. The van der Waals surface area contributed by atoms with Gasteiger partial charge in [0.05, 0.1) is 6.61 Å². The van der Waals surface area contributed by atoms with Gasteiger partial charge in [-0.2, -0.15) is 0 Å². The van der Waals surface area contributed by atoms with Crippen molar-refractivity contribution in [2.24, 2.45) is 0 Å². The van der Waals surface area contributed by atoms with Crippen LogP contribution in [-0.4, -0.2) is 36.9 Å². The number of nitrogens with zero attached hydrogens (tertiary/aromatic N) is 1. The van der Waals surface area contributed by atoms with Crippen molar-refractivity contribution >= 4 is 5.69 Å². The highest BCUT2D eigenvalue weighted by molar-refractivity contribution is 5.52. The predicted octanol–water partition coefficient (Wildman–Crippen LogP) is 2.57. The molecule has 0 amide bonds. The van der Waals surface area contributed by atoms with Crippen molar-refractivity contribution in [3.63, 3.8) is 0 Å². The number of benzene rings is 1. The van der Waals surface area contributed by atoms with Crippen LogP contribution in [0, 0.1) is 6.92 Å². The average molecular weight is 264 g/mol. The molecule has 0 aliphatic rings. The Balaban J connectivity index is 2.60. The smallest absolute Gasteiger partial charge is 0.0585 e. The van der Waals surface area contributed by atoms with Gasteiger partial charge < -0.3 is 15.3 Å². The molecule has 3 heteroatoms. The Morgan fingerprint density at radius 1 is 1.26 bits per heavy atom. The monoisotopic (exact) mass is 264 g/mol. The Morgan fingerprint density at radius 2 is 1.95 bits per heavy atom. The van der Waals surface area contributed by atoms with Crippen molar-refractivity contribution in [3.8, 4) is 0 Å². The van der Waals surface area contributed by atoms with Crippen molar-refractivity contribution in [2.75, 3.05) is 24.6 Å². The molecule has 0 aromatic heterocycles. The molecule has 1 aromatic carbocycles. The summed E-state index contributed by atoms with van der Waals surface area (Å²) in [6, 6.07) is 9.06. The fourth-order valence-corrected chi connectivity index (χ4v) is 2.38. The van der Waals surface area contributed by atoms with Crippen molar-refractivity contribution in [1.82, 2.24) is 5.32 Å².